The molecule has 0 amide bonds. The smallest absolute Gasteiger partial charge is 0.258 e. The van der Waals surface area contributed by atoms with Crippen molar-refractivity contribution in [3.8, 4) is 0 Å². The van der Waals surface area contributed by atoms with Gasteiger partial charge in [-0.05, 0) is 18.6 Å². The van der Waals surface area contributed by atoms with Gasteiger partial charge in [0.15, 0.2) is 0 Å². The fourth-order valence-corrected chi connectivity index (χ4v) is 0.760. The van der Waals surface area contributed by atoms with Crippen molar-refractivity contribution in [3.05, 3.63) is 39.7 Å². The fourth-order valence-electron chi connectivity index (χ4n) is 0.760. The predicted molar refractivity (Wildman–Crippen MR) is 58.4 cm³/mol. The second-order valence-corrected chi connectivity index (χ2v) is 6.26. The van der Waals surface area contributed by atoms with Gasteiger partial charge in [-0.3, -0.25) is 10.1 Å². The van der Waals surface area contributed by atoms with E-state index in [1.165, 1.54) is 6.07 Å². The van der Waals surface area contributed by atoms with Gasteiger partial charge >= 0.3 is 14.0 Å². The number of nitro benzene ring substituents is 1. The van der Waals surface area contributed by atoms with Crippen molar-refractivity contribution in [1.82, 2.24) is 0 Å². The number of benzene rings is 1. The minimum absolute atomic E-state index is 0.476. The number of rotatable bonds is 1. The first-order valence-electron chi connectivity index (χ1n) is 3.66. The van der Waals surface area contributed by atoms with Crippen LogP contribution in [0.4, 0.5) is 10.1 Å². The molecule has 90 valence electrons. The van der Waals surface area contributed by atoms with Crippen LogP contribution in [0.15, 0.2) is 18.2 Å². The quantitative estimate of drug-likeness (QED) is 0.452. The first-order chi connectivity index (χ1) is 7.11. The van der Waals surface area contributed by atoms with E-state index in [0.29, 0.717) is 5.56 Å². The number of nitro groups is 1. The first-order valence-corrected chi connectivity index (χ1v) is 6.79. The molecule has 0 radical (unpaired) electrons. The number of hydrogen-bond donors (Lipinski definition) is 0. The molecule has 0 N–H and O–H groups in total. The number of hydrogen-bond acceptors (Lipinski definition) is 4. The minimum atomic E-state index is -3.72. The molecule has 0 spiro atoms. The highest BCUT2D eigenvalue weighted by atomic mass is 36.0. The molecule has 0 aromatic heterocycles. The van der Waals surface area contributed by atoms with Gasteiger partial charge in [-0.2, -0.15) is 12.8 Å². The van der Waals surface area contributed by atoms with Crippen LogP contribution in [0.2, 0.25) is 0 Å². The first kappa shape index (κ1) is 15.1. The van der Waals surface area contributed by atoms with E-state index in [0.717, 1.165) is 12.1 Å². The molecule has 0 heterocycles. The van der Waals surface area contributed by atoms with E-state index in [4.69, 9.17) is 8.42 Å². The molecule has 0 aliphatic heterocycles. The molecule has 0 atom stereocenters. The third-order valence-corrected chi connectivity index (χ3v) is 1.30. The van der Waals surface area contributed by atoms with Crippen molar-refractivity contribution in [2.45, 2.75) is 6.92 Å². The second kappa shape index (κ2) is 5.97. The highest BCUT2D eigenvalue weighted by Gasteiger charge is 2.11. The molecular weight excluding hydrogens is 284 g/mol. The Morgan fingerprint density at radius 2 is 1.81 bits per heavy atom. The molecule has 0 aliphatic rings. The van der Waals surface area contributed by atoms with Gasteiger partial charge in [-0.15, -0.1) is 0 Å². The van der Waals surface area contributed by atoms with Crippen molar-refractivity contribution in [3.63, 3.8) is 0 Å². The van der Waals surface area contributed by atoms with E-state index in [-0.39, 0.29) is 0 Å². The summed E-state index contributed by atoms with van der Waals surface area (Å²) in [6.45, 7) is 1.67. The summed E-state index contributed by atoms with van der Waals surface area (Å²) in [6.07, 6.45) is 0. The van der Waals surface area contributed by atoms with Crippen LogP contribution in [0.5, 0.6) is 0 Å². The maximum Gasteiger partial charge on any atom is 0.317 e. The molecule has 0 saturated carbocycles. The highest BCUT2D eigenvalue weighted by molar-refractivity contribution is 8.31. The molecule has 1 aromatic carbocycles. The Bertz CT molecular complexity index is 483. The Labute approximate surface area is 99.9 Å². The lowest BCUT2D eigenvalue weighted by Crippen LogP contribution is -1.91. The van der Waals surface area contributed by atoms with Crippen LogP contribution in [0, 0.1) is 22.9 Å². The summed E-state index contributed by atoms with van der Waals surface area (Å²) in [6, 6.07) is 3.80. The molecule has 9 heteroatoms. The molecule has 16 heavy (non-hydrogen) atoms. The lowest BCUT2D eigenvalue weighted by molar-refractivity contribution is -0.387. The van der Waals surface area contributed by atoms with Crippen LogP contribution in [-0.4, -0.2) is 13.3 Å². The number of aryl methyl sites for hydroxylation is 1. The van der Waals surface area contributed by atoms with Crippen LogP contribution in [-0.2, 0) is 8.26 Å². The zero-order valence-corrected chi connectivity index (χ0v) is 10.2. The van der Waals surface area contributed by atoms with E-state index >= 15 is 0 Å². The molecule has 1 rings (SSSR count). The normalized spacial score (nSPS) is 10.2. The van der Waals surface area contributed by atoms with Crippen molar-refractivity contribution in [2.24, 2.45) is 0 Å². The second-order valence-electron chi connectivity index (χ2n) is 2.59. The Morgan fingerprint density at radius 3 is 2.12 bits per heavy atom. The molecule has 0 aliphatic carbocycles. The van der Waals surface area contributed by atoms with Gasteiger partial charge in [0, 0.05) is 27.4 Å². The van der Waals surface area contributed by atoms with Gasteiger partial charge in [0.25, 0.3) is 0 Å². The summed E-state index contributed by atoms with van der Waals surface area (Å²) in [4.78, 5) is 9.36. The number of halogens is 3. The maximum atomic E-state index is 12.7. The SMILES string of the molecule is Cc1ccc([N+](=O)[O-])c(F)c1.O=S(=O)(Cl)Cl. The van der Waals surface area contributed by atoms with Gasteiger partial charge in [-0.1, -0.05) is 6.07 Å². The fraction of sp³-hybridized carbons (Fsp3) is 0.143. The largest absolute Gasteiger partial charge is 0.317 e. The van der Waals surface area contributed by atoms with Crippen molar-refractivity contribution < 1.29 is 17.7 Å². The Hall–Kier alpha value is -0.920. The predicted octanol–water partition coefficient (Wildman–Crippen LogP) is 2.75. The molecule has 0 saturated heterocycles. The van der Waals surface area contributed by atoms with E-state index in [2.05, 4.69) is 21.4 Å². The third kappa shape index (κ3) is 7.38. The van der Waals surface area contributed by atoms with Gasteiger partial charge < -0.3 is 0 Å². The molecule has 1 aromatic rings. The lowest BCUT2D eigenvalue weighted by atomic mass is 10.2. The van der Waals surface area contributed by atoms with Crippen LogP contribution in [0.1, 0.15) is 5.56 Å². The summed E-state index contributed by atoms with van der Waals surface area (Å²) in [5.74, 6) is -0.782. The van der Waals surface area contributed by atoms with Crippen LogP contribution >= 0.6 is 21.4 Å². The monoisotopic (exact) mass is 289 g/mol. The molecular formula is C7H6Cl2FNO4S. The summed E-state index contributed by atoms with van der Waals surface area (Å²) in [5.41, 5.74) is 0.198. The van der Waals surface area contributed by atoms with Crippen molar-refractivity contribution in [1.29, 1.82) is 0 Å². The van der Waals surface area contributed by atoms with Gasteiger partial charge in [0.1, 0.15) is 0 Å². The zero-order valence-electron chi connectivity index (χ0n) is 7.85. The van der Waals surface area contributed by atoms with E-state index in [1.807, 2.05) is 0 Å². The maximum absolute atomic E-state index is 12.7. The summed E-state index contributed by atoms with van der Waals surface area (Å²) in [7, 11) is 4.81. The lowest BCUT2D eigenvalue weighted by Gasteiger charge is -1.93. The average Bonchev–Trinajstić information content (AvgIpc) is 1.99. The Kier molecular flexibility index (Phi) is 5.63. The van der Waals surface area contributed by atoms with E-state index < -0.39 is 24.7 Å². The van der Waals surface area contributed by atoms with Crippen LogP contribution in [0.25, 0.3) is 0 Å². The minimum Gasteiger partial charge on any atom is -0.258 e. The molecule has 0 unspecified atom stereocenters. The standard InChI is InChI=1S/C7H6FNO2.Cl2O2S/c1-5-2-3-7(9(10)11)6(8)4-5;1-5(2,3)4/h2-4H,1H3;. The Balaban J connectivity index is 0.000000385. The van der Waals surface area contributed by atoms with Crippen LogP contribution < -0.4 is 0 Å². The van der Waals surface area contributed by atoms with Crippen molar-refractivity contribution >= 4 is 35.3 Å². The molecule has 5 nitrogen and oxygen atoms in total. The van der Waals surface area contributed by atoms with E-state index in [9.17, 15) is 14.5 Å². The third-order valence-electron chi connectivity index (χ3n) is 1.30. The molecule has 0 fully saturated rings. The topological polar surface area (TPSA) is 77.3 Å². The van der Waals surface area contributed by atoms with Gasteiger partial charge in [0.05, 0.1) is 4.92 Å². The highest BCUT2D eigenvalue weighted by Crippen LogP contribution is 2.16. The summed E-state index contributed by atoms with van der Waals surface area (Å²) >= 11 is 0. The van der Waals surface area contributed by atoms with Crippen LogP contribution in [0.3, 0.4) is 0 Å². The number of nitrogens with zero attached hydrogens (tertiary/aromatic N) is 1. The summed E-state index contributed by atoms with van der Waals surface area (Å²) < 4.78 is 31.0. The Morgan fingerprint density at radius 1 is 1.38 bits per heavy atom. The van der Waals surface area contributed by atoms with Gasteiger partial charge in [-0.25, -0.2) is 0 Å². The molecule has 0 bridgehead atoms. The van der Waals surface area contributed by atoms with Crippen molar-refractivity contribution in [2.75, 3.05) is 0 Å². The van der Waals surface area contributed by atoms with E-state index in [1.54, 1.807) is 6.92 Å². The zero-order chi connectivity index (χ0) is 12.9. The van der Waals surface area contributed by atoms with Gasteiger partial charge in [0.2, 0.25) is 5.82 Å². The average molecular weight is 290 g/mol. The summed E-state index contributed by atoms with van der Waals surface area (Å²) in [5, 5.41) is 10.1.